The van der Waals surface area contributed by atoms with E-state index < -0.39 is 5.91 Å². The molecule has 19 heavy (non-hydrogen) atoms. The molecule has 1 aromatic carbocycles. The molecular weight excluding hydrogens is 309 g/mol. The first-order chi connectivity index (χ1) is 7.66. The van der Waals surface area contributed by atoms with Gasteiger partial charge in [-0.05, 0) is 25.1 Å². The number of nitrogens with zero attached hydrogens (tertiary/aromatic N) is 2. The zero-order valence-corrected chi connectivity index (χ0v) is 12.5. The van der Waals surface area contributed by atoms with Crippen molar-refractivity contribution in [3.63, 3.8) is 0 Å². The SMILES string of the molecule is Cc1nccc(-c2cccc(C(N)=O)c2)n1.Cl.Cl.Cl. The van der Waals surface area contributed by atoms with Crippen LogP contribution in [0.2, 0.25) is 0 Å². The summed E-state index contributed by atoms with van der Waals surface area (Å²) in [6.45, 7) is 1.82. The third-order valence-electron chi connectivity index (χ3n) is 2.22. The van der Waals surface area contributed by atoms with Crippen LogP contribution in [-0.4, -0.2) is 15.9 Å². The van der Waals surface area contributed by atoms with Crippen LogP contribution in [0.3, 0.4) is 0 Å². The van der Waals surface area contributed by atoms with E-state index in [1.807, 2.05) is 13.0 Å². The molecule has 0 unspecified atom stereocenters. The molecule has 1 aromatic heterocycles. The summed E-state index contributed by atoms with van der Waals surface area (Å²) in [5.74, 6) is 0.259. The maximum atomic E-state index is 11.0. The van der Waals surface area contributed by atoms with Crippen LogP contribution in [0, 0.1) is 6.92 Å². The molecule has 0 aliphatic carbocycles. The van der Waals surface area contributed by atoms with Crippen molar-refractivity contribution in [3.8, 4) is 11.3 Å². The Morgan fingerprint density at radius 3 is 2.42 bits per heavy atom. The summed E-state index contributed by atoms with van der Waals surface area (Å²) in [6.07, 6.45) is 1.69. The molecule has 2 rings (SSSR count). The second-order valence-corrected chi connectivity index (χ2v) is 3.43. The molecule has 0 saturated carbocycles. The summed E-state index contributed by atoms with van der Waals surface area (Å²) in [4.78, 5) is 19.3. The molecule has 0 atom stereocenters. The van der Waals surface area contributed by atoms with Crippen molar-refractivity contribution in [2.24, 2.45) is 5.73 Å². The van der Waals surface area contributed by atoms with E-state index in [0.29, 0.717) is 11.4 Å². The fourth-order valence-electron chi connectivity index (χ4n) is 1.45. The highest BCUT2D eigenvalue weighted by atomic mass is 35.5. The lowest BCUT2D eigenvalue weighted by molar-refractivity contribution is 0.100. The topological polar surface area (TPSA) is 68.9 Å². The average Bonchev–Trinajstić information content (AvgIpc) is 2.29. The Bertz CT molecular complexity index is 549. The van der Waals surface area contributed by atoms with Gasteiger partial charge in [0.05, 0.1) is 5.69 Å². The molecule has 0 aliphatic heterocycles. The molecule has 0 bridgehead atoms. The molecule has 0 saturated heterocycles. The lowest BCUT2D eigenvalue weighted by atomic mass is 10.1. The molecule has 0 aliphatic rings. The maximum Gasteiger partial charge on any atom is 0.248 e. The second-order valence-electron chi connectivity index (χ2n) is 3.43. The number of hydrogen-bond donors (Lipinski definition) is 1. The monoisotopic (exact) mass is 321 g/mol. The van der Waals surface area contributed by atoms with Crippen molar-refractivity contribution in [3.05, 3.63) is 47.9 Å². The van der Waals surface area contributed by atoms with E-state index in [0.717, 1.165) is 11.3 Å². The Balaban J connectivity index is 0. The van der Waals surface area contributed by atoms with Gasteiger partial charge in [0.15, 0.2) is 0 Å². The summed E-state index contributed by atoms with van der Waals surface area (Å²) in [5.41, 5.74) is 7.35. The molecule has 0 spiro atoms. The third kappa shape index (κ3) is 5.03. The highest BCUT2D eigenvalue weighted by molar-refractivity contribution is 5.93. The van der Waals surface area contributed by atoms with Gasteiger partial charge in [-0.1, -0.05) is 12.1 Å². The van der Waals surface area contributed by atoms with Gasteiger partial charge in [0, 0.05) is 17.3 Å². The fourth-order valence-corrected chi connectivity index (χ4v) is 1.45. The summed E-state index contributed by atoms with van der Waals surface area (Å²) >= 11 is 0. The zero-order valence-electron chi connectivity index (χ0n) is 10.1. The first kappa shape index (κ1) is 20.0. The molecule has 2 aromatic rings. The Kier molecular flexibility index (Phi) is 9.13. The highest BCUT2D eigenvalue weighted by Gasteiger charge is 2.04. The number of aryl methyl sites for hydroxylation is 1. The van der Waals surface area contributed by atoms with Crippen molar-refractivity contribution in [2.45, 2.75) is 6.92 Å². The lowest BCUT2D eigenvalue weighted by Crippen LogP contribution is -2.10. The number of benzene rings is 1. The fraction of sp³-hybridized carbons (Fsp3) is 0.0833. The largest absolute Gasteiger partial charge is 0.366 e. The van der Waals surface area contributed by atoms with Gasteiger partial charge in [0.1, 0.15) is 5.82 Å². The Labute approximate surface area is 130 Å². The Morgan fingerprint density at radius 1 is 1.16 bits per heavy atom. The minimum atomic E-state index is -0.437. The zero-order chi connectivity index (χ0) is 11.5. The molecule has 7 heteroatoms. The number of aromatic nitrogens is 2. The van der Waals surface area contributed by atoms with E-state index in [1.54, 1.807) is 30.5 Å². The molecule has 1 heterocycles. The van der Waals surface area contributed by atoms with E-state index in [2.05, 4.69) is 9.97 Å². The van der Waals surface area contributed by atoms with Crippen LogP contribution < -0.4 is 5.73 Å². The minimum absolute atomic E-state index is 0. The number of halogens is 3. The summed E-state index contributed by atoms with van der Waals surface area (Å²) < 4.78 is 0. The maximum absolute atomic E-state index is 11.0. The Hall–Kier alpha value is -1.36. The smallest absolute Gasteiger partial charge is 0.248 e. The molecule has 4 nitrogen and oxygen atoms in total. The van der Waals surface area contributed by atoms with Crippen LogP contribution in [0.5, 0.6) is 0 Å². The summed E-state index contributed by atoms with van der Waals surface area (Å²) in [7, 11) is 0. The van der Waals surface area contributed by atoms with Crippen LogP contribution in [0.4, 0.5) is 0 Å². The number of rotatable bonds is 2. The van der Waals surface area contributed by atoms with Crippen molar-refractivity contribution in [1.82, 2.24) is 9.97 Å². The minimum Gasteiger partial charge on any atom is -0.366 e. The molecular formula is C12H14Cl3N3O. The first-order valence-corrected chi connectivity index (χ1v) is 4.87. The van der Waals surface area contributed by atoms with Gasteiger partial charge < -0.3 is 5.73 Å². The second kappa shape index (κ2) is 8.69. The number of nitrogens with two attached hydrogens (primary N) is 1. The van der Waals surface area contributed by atoms with Crippen LogP contribution in [0.15, 0.2) is 36.5 Å². The summed E-state index contributed by atoms with van der Waals surface area (Å²) in [6, 6.07) is 8.87. The molecule has 1 amide bonds. The van der Waals surface area contributed by atoms with Crippen molar-refractivity contribution in [1.29, 1.82) is 0 Å². The molecule has 104 valence electrons. The van der Waals surface area contributed by atoms with Gasteiger partial charge >= 0.3 is 0 Å². The van der Waals surface area contributed by atoms with E-state index in [4.69, 9.17) is 5.73 Å². The van der Waals surface area contributed by atoms with Gasteiger partial charge in [-0.2, -0.15) is 0 Å². The average molecular weight is 323 g/mol. The van der Waals surface area contributed by atoms with Gasteiger partial charge in [-0.15, -0.1) is 37.2 Å². The number of primary amides is 1. The lowest BCUT2D eigenvalue weighted by Gasteiger charge is -2.02. The van der Waals surface area contributed by atoms with E-state index in [9.17, 15) is 4.79 Å². The third-order valence-corrected chi connectivity index (χ3v) is 2.22. The van der Waals surface area contributed by atoms with Crippen LogP contribution in [0.25, 0.3) is 11.3 Å². The van der Waals surface area contributed by atoms with Crippen LogP contribution in [-0.2, 0) is 0 Å². The first-order valence-electron chi connectivity index (χ1n) is 4.87. The molecule has 2 N–H and O–H groups in total. The highest BCUT2D eigenvalue weighted by Crippen LogP contribution is 2.17. The van der Waals surface area contributed by atoms with Crippen molar-refractivity contribution < 1.29 is 4.79 Å². The standard InChI is InChI=1S/C12H11N3O.3ClH/c1-8-14-6-5-11(15-8)9-3-2-4-10(7-9)12(13)16;;;/h2-7H,1H3,(H2,13,16);3*1H. The molecule has 0 fully saturated rings. The molecule has 0 radical (unpaired) electrons. The van der Waals surface area contributed by atoms with E-state index >= 15 is 0 Å². The number of amides is 1. The van der Waals surface area contributed by atoms with E-state index in [1.165, 1.54) is 0 Å². The van der Waals surface area contributed by atoms with Gasteiger partial charge in [-0.3, -0.25) is 4.79 Å². The quantitative estimate of drug-likeness (QED) is 0.924. The summed E-state index contributed by atoms with van der Waals surface area (Å²) in [5, 5.41) is 0. The van der Waals surface area contributed by atoms with Crippen molar-refractivity contribution in [2.75, 3.05) is 0 Å². The normalized spacial score (nSPS) is 8.47. The predicted octanol–water partition coefficient (Wildman–Crippen LogP) is 2.82. The van der Waals surface area contributed by atoms with Gasteiger partial charge in [-0.25, -0.2) is 9.97 Å². The number of carbonyl (C=O) groups is 1. The van der Waals surface area contributed by atoms with Gasteiger partial charge in [0.2, 0.25) is 5.91 Å². The van der Waals surface area contributed by atoms with E-state index in [-0.39, 0.29) is 37.2 Å². The van der Waals surface area contributed by atoms with Crippen LogP contribution in [0.1, 0.15) is 16.2 Å². The predicted molar refractivity (Wildman–Crippen MR) is 82.5 cm³/mol. The van der Waals surface area contributed by atoms with Crippen LogP contribution >= 0.6 is 37.2 Å². The Morgan fingerprint density at radius 2 is 1.84 bits per heavy atom. The number of hydrogen-bond acceptors (Lipinski definition) is 3. The van der Waals surface area contributed by atoms with Gasteiger partial charge in [0.25, 0.3) is 0 Å². The van der Waals surface area contributed by atoms with Crippen molar-refractivity contribution >= 4 is 43.1 Å². The number of carbonyl (C=O) groups excluding carboxylic acids is 1.